The number of urea groups is 1. The quantitative estimate of drug-likeness (QED) is 0.804. The first kappa shape index (κ1) is 12.6. The van der Waals surface area contributed by atoms with Crippen LogP contribution < -0.4 is 10.6 Å². The molecular formula is C13H20N2O. The van der Waals surface area contributed by atoms with Crippen molar-refractivity contribution in [1.82, 2.24) is 10.6 Å². The molecule has 0 saturated carbocycles. The fourth-order valence-corrected chi connectivity index (χ4v) is 1.25. The second-order valence-corrected chi connectivity index (χ2v) is 4.44. The zero-order valence-electron chi connectivity index (χ0n) is 10.2. The number of nitrogens with one attached hydrogen (secondary N) is 2. The minimum Gasteiger partial charge on any atom is -0.338 e. The molecule has 2 amide bonds. The van der Waals surface area contributed by atoms with Crippen LogP contribution in [0.5, 0.6) is 0 Å². The number of carbonyl (C=O) groups excluding carboxylic acids is 1. The predicted octanol–water partition coefficient (Wildman–Crippen LogP) is 2.45. The molecule has 0 saturated heterocycles. The first-order chi connectivity index (χ1) is 7.58. The third kappa shape index (κ3) is 4.82. The number of carbonyl (C=O) groups is 1. The molecule has 0 unspecified atom stereocenters. The lowest BCUT2D eigenvalue weighted by atomic mass is 10.1. The fraction of sp³-hybridized carbons (Fsp3) is 0.462. The Morgan fingerprint density at radius 1 is 1.19 bits per heavy atom. The molecule has 0 radical (unpaired) electrons. The highest BCUT2D eigenvalue weighted by atomic mass is 16.2. The van der Waals surface area contributed by atoms with E-state index in [1.54, 1.807) is 0 Å². The molecule has 0 atom stereocenters. The molecule has 0 spiro atoms. The minimum absolute atomic E-state index is 0.103. The van der Waals surface area contributed by atoms with E-state index in [1.165, 1.54) is 5.56 Å². The van der Waals surface area contributed by atoms with Crippen LogP contribution in [0.25, 0.3) is 0 Å². The molecule has 1 rings (SSSR count). The average molecular weight is 220 g/mol. The molecule has 0 bridgehead atoms. The van der Waals surface area contributed by atoms with E-state index < -0.39 is 0 Å². The van der Waals surface area contributed by atoms with E-state index >= 15 is 0 Å². The van der Waals surface area contributed by atoms with Gasteiger partial charge in [0, 0.05) is 13.1 Å². The smallest absolute Gasteiger partial charge is 0.315 e. The van der Waals surface area contributed by atoms with Crippen molar-refractivity contribution in [1.29, 1.82) is 0 Å². The van der Waals surface area contributed by atoms with Gasteiger partial charge < -0.3 is 10.6 Å². The van der Waals surface area contributed by atoms with Gasteiger partial charge >= 0.3 is 6.03 Å². The van der Waals surface area contributed by atoms with E-state index in [9.17, 15) is 4.79 Å². The van der Waals surface area contributed by atoms with Crippen LogP contribution in [0.3, 0.4) is 0 Å². The Kier molecular flexibility index (Phi) is 4.83. The number of amides is 2. The van der Waals surface area contributed by atoms with Gasteiger partial charge in [-0.25, -0.2) is 4.79 Å². The third-order valence-corrected chi connectivity index (χ3v) is 2.24. The Morgan fingerprint density at radius 2 is 1.81 bits per heavy atom. The summed E-state index contributed by atoms with van der Waals surface area (Å²) in [4.78, 5) is 11.4. The van der Waals surface area contributed by atoms with Gasteiger partial charge in [0.05, 0.1) is 0 Å². The van der Waals surface area contributed by atoms with Crippen molar-refractivity contribution < 1.29 is 4.79 Å². The molecule has 3 nitrogen and oxygen atoms in total. The molecule has 0 fully saturated rings. The topological polar surface area (TPSA) is 41.1 Å². The second kappa shape index (κ2) is 6.16. The molecule has 0 aliphatic carbocycles. The van der Waals surface area contributed by atoms with Crippen LogP contribution in [0.15, 0.2) is 24.3 Å². The maximum Gasteiger partial charge on any atom is 0.315 e. The van der Waals surface area contributed by atoms with Gasteiger partial charge in [0.15, 0.2) is 0 Å². The van der Waals surface area contributed by atoms with Gasteiger partial charge in [0.2, 0.25) is 0 Å². The lowest BCUT2D eigenvalue weighted by Gasteiger charge is -2.09. The molecule has 88 valence electrons. The van der Waals surface area contributed by atoms with Gasteiger partial charge in [0.1, 0.15) is 0 Å². The summed E-state index contributed by atoms with van der Waals surface area (Å²) < 4.78 is 0. The predicted molar refractivity (Wildman–Crippen MR) is 66.3 cm³/mol. The fourth-order valence-electron chi connectivity index (χ4n) is 1.25. The van der Waals surface area contributed by atoms with Gasteiger partial charge in [-0.1, -0.05) is 43.7 Å². The van der Waals surface area contributed by atoms with Crippen molar-refractivity contribution in [2.75, 3.05) is 6.54 Å². The highest BCUT2D eigenvalue weighted by Gasteiger charge is 2.00. The monoisotopic (exact) mass is 220 g/mol. The lowest BCUT2D eigenvalue weighted by Crippen LogP contribution is -2.36. The highest BCUT2D eigenvalue weighted by Crippen LogP contribution is 2.02. The van der Waals surface area contributed by atoms with E-state index in [2.05, 4.69) is 24.5 Å². The summed E-state index contributed by atoms with van der Waals surface area (Å²) in [6, 6.07) is 8.04. The van der Waals surface area contributed by atoms with Crippen LogP contribution in [-0.2, 0) is 6.54 Å². The Labute approximate surface area is 97.2 Å². The van der Waals surface area contributed by atoms with Crippen LogP contribution in [0.1, 0.15) is 25.0 Å². The third-order valence-electron chi connectivity index (χ3n) is 2.24. The summed E-state index contributed by atoms with van der Waals surface area (Å²) >= 11 is 0. The van der Waals surface area contributed by atoms with Crippen LogP contribution in [0.4, 0.5) is 4.79 Å². The zero-order valence-corrected chi connectivity index (χ0v) is 10.2. The van der Waals surface area contributed by atoms with Crippen molar-refractivity contribution in [3.63, 3.8) is 0 Å². The van der Waals surface area contributed by atoms with E-state index in [-0.39, 0.29) is 6.03 Å². The molecule has 0 heterocycles. The van der Waals surface area contributed by atoms with E-state index in [0.29, 0.717) is 19.0 Å². The number of benzene rings is 1. The molecule has 16 heavy (non-hydrogen) atoms. The summed E-state index contributed by atoms with van der Waals surface area (Å²) in [6.45, 7) is 7.47. The normalized spacial score (nSPS) is 10.2. The van der Waals surface area contributed by atoms with Gasteiger partial charge in [-0.3, -0.25) is 0 Å². The molecule has 0 aliphatic heterocycles. The largest absolute Gasteiger partial charge is 0.338 e. The van der Waals surface area contributed by atoms with Gasteiger partial charge in [-0.2, -0.15) is 0 Å². The Hall–Kier alpha value is -1.51. The van der Waals surface area contributed by atoms with E-state index in [1.807, 2.05) is 31.2 Å². The van der Waals surface area contributed by atoms with Crippen molar-refractivity contribution in [2.45, 2.75) is 27.3 Å². The molecular weight excluding hydrogens is 200 g/mol. The van der Waals surface area contributed by atoms with Gasteiger partial charge in [-0.05, 0) is 18.4 Å². The summed E-state index contributed by atoms with van der Waals surface area (Å²) in [7, 11) is 0. The van der Waals surface area contributed by atoms with Crippen LogP contribution >= 0.6 is 0 Å². The lowest BCUT2D eigenvalue weighted by molar-refractivity contribution is 0.239. The standard InChI is InChI=1S/C13H20N2O/c1-10(2)8-14-13(16)15-9-12-6-4-11(3)5-7-12/h4-7,10H,8-9H2,1-3H3,(H2,14,15,16). The van der Waals surface area contributed by atoms with Crippen molar-refractivity contribution in [3.8, 4) is 0 Å². The van der Waals surface area contributed by atoms with Crippen molar-refractivity contribution in [3.05, 3.63) is 35.4 Å². The van der Waals surface area contributed by atoms with Gasteiger partial charge in [0.25, 0.3) is 0 Å². The number of rotatable bonds is 4. The maximum absolute atomic E-state index is 11.4. The molecule has 0 aromatic heterocycles. The Morgan fingerprint density at radius 3 is 2.38 bits per heavy atom. The second-order valence-electron chi connectivity index (χ2n) is 4.44. The van der Waals surface area contributed by atoms with E-state index in [4.69, 9.17) is 0 Å². The number of hydrogen-bond donors (Lipinski definition) is 2. The Balaban J connectivity index is 2.29. The molecule has 1 aromatic rings. The SMILES string of the molecule is Cc1ccc(CNC(=O)NCC(C)C)cc1. The molecule has 0 aliphatic rings. The molecule has 2 N–H and O–H groups in total. The number of hydrogen-bond acceptors (Lipinski definition) is 1. The maximum atomic E-state index is 11.4. The van der Waals surface area contributed by atoms with Gasteiger partial charge in [-0.15, -0.1) is 0 Å². The summed E-state index contributed by atoms with van der Waals surface area (Å²) in [5, 5.41) is 5.64. The first-order valence-electron chi connectivity index (χ1n) is 5.65. The first-order valence-corrected chi connectivity index (χ1v) is 5.65. The minimum atomic E-state index is -0.103. The summed E-state index contributed by atoms with van der Waals surface area (Å²) in [5.74, 6) is 0.477. The zero-order chi connectivity index (χ0) is 12.0. The molecule has 1 aromatic carbocycles. The van der Waals surface area contributed by atoms with Crippen LogP contribution in [0, 0.1) is 12.8 Å². The summed E-state index contributed by atoms with van der Waals surface area (Å²) in [6.07, 6.45) is 0. The van der Waals surface area contributed by atoms with Crippen LogP contribution in [0.2, 0.25) is 0 Å². The van der Waals surface area contributed by atoms with Crippen molar-refractivity contribution in [2.24, 2.45) is 5.92 Å². The Bertz CT molecular complexity index is 330. The number of aryl methyl sites for hydroxylation is 1. The summed E-state index contributed by atoms with van der Waals surface area (Å²) in [5.41, 5.74) is 2.35. The highest BCUT2D eigenvalue weighted by molar-refractivity contribution is 5.73. The van der Waals surface area contributed by atoms with Crippen LogP contribution in [-0.4, -0.2) is 12.6 Å². The molecule has 3 heteroatoms. The van der Waals surface area contributed by atoms with E-state index in [0.717, 1.165) is 5.56 Å². The average Bonchev–Trinajstić information content (AvgIpc) is 2.25. The van der Waals surface area contributed by atoms with Crippen molar-refractivity contribution >= 4 is 6.03 Å².